The van der Waals surface area contributed by atoms with Crippen LogP contribution in [0, 0.1) is 6.92 Å². The fourth-order valence-corrected chi connectivity index (χ4v) is 7.00. The number of nitrogens with zero attached hydrogens (tertiary/aromatic N) is 8. The normalized spacial score (nSPS) is 14.9. The second-order valence-electron chi connectivity index (χ2n) is 13.5. The van der Waals surface area contributed by atoms with Crippen LogP contribution < -0.4 is 19.4 Å². The molecule has 1 fully saturated rings. The molecule has 2 unspecified atom stereocenters. The fraction of sp³-hybridized carbons (Fsp3) is 0.390. The number of anilines is 3. The van der Waals surface area contributed by atoms with E-state index in [-0.39, 0.29) is 13.2 Å². The first-order valence-corrected chi connectivity index (χ1v) is 18.9. The number of hydrogen-bond donors (Lipinski definition) is 0. The van der Waals surface area contributed by atoms with Gasteiger partial charge in [0.2, 0.25) is 0 Å². The summed E-state index contributed by atoms with van der Waals surface area (Å²) in [4.78, 5) is 8.27. The van der Waals surface area contributed by atoms with Crippen molar-refractivity contribution in [3.8, 4) is 5.75 Å². The van der Waals surface area contributed by atoms with E-state index in [2.05, 4.69) is 83.2 Å². The Hall–Kier alpha value is -4.51. The number of piperazine rings is 1. The SMILES string of the molecule is C=CN(/C=N\N(CC)C(C)CC)c1ccc(N2CCN(c3ccc(OCC(=C)COC(C)(Cn4nccn4)c4ccc(C)cc4Cl)cc3Cl)CC2)cc1. The minimum Gasteiger partial charge on any atom is -0.489 e. The molecule has 12 heteroatoms. The molecule has 2 atom stereocenters. The lowest BCUT2D eigenvalue weighted by atomic mass is 9.94. The highest BCUT2D eigenvalue weighted by Gasteiger charge is 2.32. The lowest BCUT2D eigenvalue weighted by Crippen LogP contribution is -2.46. The van der Waals surface area contributed by atoms with Crippen LogP contribution in [0.2, 0.25) is 10.0 Å². The molecule has 4 aromatic rings. The Morgan fingerprint density at radius 1 is 0.962 bits per heavy atom. The van der Waals surface area contributed by atoms with E-state index in [0.29, 0.717) is 28.4 Å². The van der Waals surface area contributed by atoms with Gasteiger partial charge in [-0.15, -0.1) is 0 Å². The Morgan fingerprint density at radius 2 is 1.66 bits per heavy atom. The second-order valence-corrected chi connectivity index (χ2v) is 14.4. The number of hydrogen-bond acceptors (Lipinski definition) is 8. The van der Waals surface area contributed by atoms with Crippen molar-refractivity contribution in [3.05, 3.63) is 119 Å². The van der Waals surface area contributed by atoms with E-state index in [1.807, 2.05) is 61.5 Å². The van der Waals surface area contributed by atoms with Gasteiger partial charge in [0.05, 0.1) is 36.3 Å². The summed E-state index contributed by atoms with van der Waals surface area (Å²) in [6, 6.07) is 20.7. The molecule has 0 spiro atoms. The standard InChI is InChI=1S/C41H52Cl2N8O2/c1-8-33(6)50(10-3)46-30-47(9-2)34-12-14-35(15-13-34)48-21-23-49(24-22-48)40-18-16-36(26-39(40)43)52-27-32(5)28-53-41(7,29-51-44-19-20-45-51)37-17-11-31(4)25-38(37)42/h9,11-20,25-26,30,33H,2,5,8,10,21-24,27-29H2,1,3-4,6-7H3/b46-30-. The molecule has 1 saturated heterocycles. The maximum absolute atomic E-state index is 6.82. The monoisotopic (exact) mass is 758 g/mol. The van der Waals surface area contributed by atoms with Crippen LogP contribution in [-0.4, -0.2) is 78.3 Å². The van der Waals surface area contributed by atoms with E-state index < -0.39 is 5.60 Å². The van der Waals surface area contributed by atoms with Crippen molar-refractivity contribution in [1.82, 2.24) is 20.0 Å². The average molecular weight is 760 g/mol. The Labute approximate surface area is 324 Å². The smallest absolute Gasteiger partial charge is 0.121 e. The summed E-state index contributed by atoms with van der Waals surface area (Å²) in [6.45, 7) is 23.9. The van der Waals surface area contributed by atoms with Crippen molar-refractivity contribution in [3.63, 3.8) is 0 Å². The first kappa shape index (κ1) is 39.7. The van der Waals surface area contributed by atoms with Gasteiger partial charge in [-0.1, -0.05) is 55.4 Å². The molecule has 10 nitrogen and oxygen atoms in total. The molecule has 0 aliphatic carbocycles. The van der Waals surface area contributed by atoms with Gasteiger partial charge in [0, 0.05) is 73.0 Å². The van der Waals surface area contributed by atoms with E-state index in [9.17, 15) is 0 Å². The van der Waals surface area contributed by atoms with Crippen LogP contribution in [-0.2, 0) is 16.9 Å². The summed E-state index contributed by atoms with van der Waals surface area (Å²) in [5.41, 5.74) is 5.10. The third-order valence-corrected chi connectivity index (χ3v) is 10.3. The van der Waals surface area contributed by atoms with Gasteiger partial charge in [0.15, 0.2) is 0 Å². The van der Waals surface area contributed by atoms with Crippen LogP contribution >= 0.6 is 23.2 Å². The number of hydrazone groups is 1. The van der Waals surface area contributed by atoms with Crippen molar-refractivity contribution < 1.29 is 9.47 Å². The van der Waals surface area contributed by atoms with E-state index >= 15 is 0 Å². The third kappa shape index (κ3) is 10.3. The van der Waals surface area contributed by atoms with Crippen molar-refractivity contribution >= 4 is 46.6 Å². The lowest BCUT2D eigenvalue weighted by molar-refractivity contribution is -0.0439. The van der Waals surface area contributed by atoms with Crippen molar-refractivity contribution in [2.24, 2.45) is 5.10 Å². The molecule has 3 aromatic carbocycles. The van der Waals surface area contributed by atoms with Gasteiger partial charge in [-0.3, -0.25) is 5.01 Å². The molecule has 1 aromatic heterocycles. The molecule has 0 N–H and O–H groups in total. The summed E-state index contributed by atoms with van der Waals surface area (Å²) < 4.78 is 12.6. The highest BCUT2D eigenvalue weighted by molar-refractivity contribution is 6.33. The molecule has 0 radical (unpaired) electrons. The number of benzene rings is 3. The summed E-state index contributed by atoms with van der Waals surface area (Å²) in [5, 5.41) is 16.6. The van der Waals surface area contributed by atoms with E-state index in [1.54, 1.807) is 23.4 Å². The lowest BCUT2D eigenvalue weighted by Gasteiger charge is -2.38. The topological polar surface area (TPSA) is 74.5 Å². The van der Waals surface area contributed by atoms with Crippen molar-refractivity contribution in [2.45, 2.75) is 59.2 Å². The molecule has 1 aliphatic rings. The molecule has 1 aliphatic heterocycles. The Kier molecular flexibility index (Phi) is 13.9. The molecule has 282 valence electrons. The summed E-state index contributed by atoms with van der Waals surface area (Å²) in [7, 11) is 0. The van der Waals surface area contributed by atoms with E-state index in [4.69, 9.17) is 37.8 Å². The van der Waals surface area contributed by atoms with Crippen LogP contribution in [0.1, 0.15) is 45.2 Å². The maximum atomic E-state index is 6.82. The molecule has 0 amide bonds. The minimum atomic E-state index is -0.795. The Bertz CT molecular complexity index is 1830. The second kappa shape index (κ2) is 18.5. The van der Waals surface area contributed by atoms with Gasteiger partial charge in [0.1, 0.15) is 24.3 Å². The quantitative estimate of drug-likeness (QED) is 0.0432. The first-order chi connectivity index (χ1) is 25.5. The van der Waals surface area contributed by atoms with Gasteiger partial charge >= 0.3 is 0 Å². The highest BCUT2D eigenvalue weighted by atomic mass is 35.5. The zero-order chi connectivity index (χ0) is 38.0. The predicted molar refractivity (Wildman–Crippen MR) is 220 cm³/mol. The molecular weight excluding hydrogens is 707 g/mol. The number of aromatic nitrogens is 3. The average Bonchev–Trinajstić information content (AvgIpc) is 3.67. The van der Waals surface area contributed by atoms with Crippen LogP contribution in [0.5, 0.6) is 5.75 Å². The number of rotatable bonds is 18. The zero-order valence-corrected chi connectivity index (χ0v) is 33.1. The van der Waals surface area contributed by atoms with Crippen molar-refractivity contribution in [2.75, 3.05) is 60.6 Å². The van der Waals surface area contributed by atoms with E-state index in [0.717, 1.165) is 67.2 Å². The van der Waals surface area contributed by atoms with Crippen molar-refractivity contribution in [1.29, 1.82) is 0 Å². The zero-order valence-electron chi connectivity index (χ0n) is 31.6. The van der Waals surface area contributed by atoms with Gasteiger partial charge in [-0.05, 0) is 87.7 Å². The molecule has 2 heterocycles. The largest absolute Gasteiger partial charge is 0.489 e. The molecule has 0 bridgehead atoms. The third-order valence-electron chi connectivity index (χ3n) is 9.64. The van der Waals surface area contributed by atoms with Gasteiger partial charge in [0.25, 0.3) is 0 Å². The van der Waals surface area contributed by atoms with E-state index in [1.165, 1.54) is 5.69 Å². The van der Waals surface area contributed by atoms with Crippen LogP contribution in [0.25, 0.3) is 0 Å². The summed E-state index contributed by atoms with van der Waals surface area (Å²) in [6.07, 6.45) is 7.95. The predicted octanol–water partition coefficient (Wildman–Crippen LogP) is 8.80. The Balaban J connectivity index is 1.12. The molecule has 0 saturated carbocycles. The molecular formula is C41H52Cl2N8O2. The summed E-state index contributed by atoms with van der Waals surface area (Å²) in [5.74, 6) is 0.671. The number of ether oxygens (including phenoxy) is 2. The van der Waals surface area contributed by atoms with Gasteiger partial charge in [-0.25, -0.2) is 0 Å². The first-order valence-electron chi connectivity index (χ1n) is 18.2. The highest BCUT2D eigenvalue weighted by Crippen LogP contribution is 2.35. The fourth-order valence-electron chi connectivity index (χ4n) is 6.27. The van der Waals surface area contributed by atoms with Crippen LogP contribution in [0.4, 0.5) is 17.1 Å². The maximum Gasteiger partial charge on any atom is 0.121 e. The van der Waals surface area contributed by atoms with Crippen LogP contribution in [0.15, 0.2) is 103 Å². The summed E-state index contributed by atoms with van der Waals surface area (Å²) >= 11 is 13.5. The molecule has 5 rings (SSSR count). The minimum absolute atomic E-state index is 0.262. The van der Waals surface area contributed by atoms with Gasteiger partial charge in [-0.2, -0.15) is 20.1 Å². The van der Waals surface area contributed by atoms with Crippen LogP contribution in [0.3, 0.4) is 0 Å². The van der Waals surface area contributed by atoms with Gasteiger partial charge < -0.3 is 24.2 Å². The number of aryl methyl sites for hydroxylation is 1. The Morgan fingerprint density at radius 3 is 2.28 bits per heavy atom. The molecule has 53 heavy (non-hydrogen) atoms. The number of halogens is 2.